The van der Waals surface area contributed by atoms with Gasteiger partial charge in [-0.05, 0) is 77.3 Å². The molecule has 0 radical (unpaired) electrons. The van der Waals surface area contributed by atoms with E-state index in [1.54, 1.807) is 0 Å². The predicted octanol–water partition coefficient (Wildman–Crippen LogP) is 11.1. The molecule has 0 aliphatic rings. The first-order valence-corrected chi connectivity index (χ1v) is 20.3. The van der Waals surface area contributed by atoms with Gasteiger partial charge in [-0.2, -0.15) is 0 Å². The molecule has 0 spiro atoms. The van der Waals surface area contributed by atoms with Crippen LogP contribution in [-0.2, 0) is 19.1 Å². The van der Waals surface area contributed by atoms with Crippen molar-refractivity contribution >= 4 is 11.9 Å². The molecule has 0 fully saturated rings. The van der Waals surface area contributed by atoms with Crippen LogP contribution in [0.4, 0.5) is 0 Å². The summed E-state index contributed by atoms with van der Waals surface area (Å²) in [6.45, 7) is 10.5. The highest BCUT2D eigenvalue weighted by Gasteiger charge is 2.14. The molecule has 0 bridgehead atoms. The number of esters is 2. The van der Waals surface area contributed by atoms with Gasteiger partial charge in [0.15, 0.2) is 0 Å². The predicted molar refractivity (Wildman–Crippen MR) is 195 cm³/mol. The van der Waals surface area contributed by atoms with Crippen LogP contribution < -0.4 is 0 Å². The Morgan fingerprint density at radius 3 is 1.46 bits per heavy atom. The molecule has 6 heteroatoms. The van der Waals surface area contributed by atoms with Crippen molar-refractivity contribution in [2.45, 2.75) is 213 Å². The maximum atomic E-state index is 12.7. The molecular formula is C40H79NO5. The first-order chi connectivity index (χ1) is 22.6. The van der Waals surface area contributed by atoms with E-state index in [4.69, 9.17) is 9.47 Å². The first kappa shape index (κ1) is 44.9. The van der Waals surface area contributed by atoms with Gasteiger partial charge in [0.1, 0.15) is 6.10 Å². The smallest absolute Gasteiger partial charge is 0.306 e. The number of carbonyl (C=O) groups is 2. The number of aliphatic hydroxyl groups is 1. The molecule has 0 rings (SSSR count). The van der Waals surface area contributed by atoms with E-state index in [1.807, 2.05) is 0 Å². The third-order valence-corrected chi connectivity index (χ3v) is 9.16. The summed E-state index contributed by atoms with van der Waals surface area (Å²) >= 11 is 0. The molecule has 0 aromatic carbocycles. The molecule has 46 heavy (non-hydrogen) atoms. The van der Waals surface area contributed by atoms with Gasteiger partial charge in [-0.15, -0.1) is 0 Å². The van der Waals surface area contributed by atoms with Gasteiger partial charge in [0, 0.05) is 26.0 Å². The quantitative estimate of drug-likeness (QED) is 0.0531. The van der Waals surface area contributed by atoms with E-state index >= 15 is 0 Å². The van der Waals surface area contributed by atoms with E-state index in [1.165, 1.54) is 96.3 Å². The molecule has 0 aromatic rings. The van der Waals surface area contributed by atoms with E-state index in [-0.39, 0.29) is 24.6 Å². The molecule has 0 heterocycles. The Hall–Kier alpha value is -1.14. The summed E-state index contributed by atoms with van der Waals surface area (Å²) in [7, 11) is 0. The number of unbranched alkanes of at least 4 members (excludes halogenated alkanes) is 19. The van der Waals surface area contributed by atoms with Crippen molar-refractivity contribution in [1.29, 1.82) is 0 Å². The monoisotopic (exact) mass is 654 g/mol. The van der Waals surface area contributed by atoms with Crippen LogP contribution in [0.1, 0.15) is 207 Å². The van der Waals surface area contributed by atoms with Crippen LogP contribution in [0.3, 0.4) is 0 Å². The Labute approximate surface area is 286 Å². The normalized spacial score (nSPS) is 11.5. The lowest BCUT2D eigenvalue weighted by molar-refractivity contribution is -0.150. The fourth-order valence-electron chi connectivity index (χ4n) is 6.15. The van der Waals surface area contributed by atoms with Gasteiger partial charge >= 0.3 is 11.9 Å². The largest absolute Gasteiger partial charge is 0.466 e. The maximum Gasteiger partial charge on any atom is 0.306 e. The molecule has 0 saturated heterocycles. The number of carbonyl (C=O) groups excluding carboxylic acids is 2. The van der Waals surface area contributed by atoms with Gasteiger partial charge < -0.3 is 19.5 Å². The molecule has 0 aliphatic heterocycles. The highest BCUT2D eigenvalue weighted by atomic mass is 16.5. The fourth-order valence-corrected chi connectivity index (χ4v) is 6.15. The molecule has 0 amide bonds. The Bertz CT molecular complexity index is 627. The molecule has 0 atom stereocenters. The van der Waals surface area contributed by atoms with Gasteiger partial charge in [-0.25, -0.2) is 0 Å². The number of hydrogen-bond acceptors (Lipinski definition) is 6. The van der Waals surface area contributed by atoms with Crippen LogP contribution in [0.5, 0.6) is 0 Å². The zero-order valence-corrected chi connectivity index (χ0v) is 31.1. The van der Waals surface area contributed by atoms with Gasteiger partial charge in [-0.3, -0.25) is 9.59 Å². The second-order valence-electron chi connectivity index (χ2n) is 13.8. The van der Waals surface area contributed by atoms with Crippen LogP contribution in [0.25, 0.3) is 0 Å². The molecule has 274 valence electrons. The van der Waals surface area contributed by atoms with Gasteiger partial charge in [0.25, 0.3) is 0 Å². The van der Waals surface area contributed by atoms with Crippen molar-refractivity contribution in [3.8, 4) is 0 Å². The minimum absolute atomic E-state index is 0.00222. The SMILES string of the molecule is CCCCCCCCC(CCCCCCCC)OC(=O)CCCCCCN(CCCO)CCCCCC(=O)OCCCCCCC. The number of ether oxygens (including phenoxy) is 2. The maximum absolute atomic E-state index is 12.7. The zero-order chi connectivity index (χ0) is 33.8. The third kappa shape index (κ3) is 32.8. The van der Waals surface area contributed by atoms with E-state index in [0.29, 0.717) is 19.4 Å². The summed E-state index contributed by atoms with van der Waals surface area (Å²) < 4.78 is 11.4. The van der Waals surface area contributed by atoms with Gasteiger partial charge in [0.2, 0.25) is 0 Å². The molecule has 0 aromatic heterocycles. The lowest BCUT2D eigenvalue weighted by Crippen LogP contribution is -2.28. The molecule has 0 unspecified atom stereocenters. The highest BCUT2D eigenvalue weighted by molar-refractivity contribution is 5.69. The van der Waals surface area contributed by atoms with Crippen molar-refractivity contribution in [2.24, 2.45) is 0 Å². The van der Waals surface area contributed by atoms with Crippen LogP contribution in [0.2, 0.25) is 0 Å². The average molecular weight is 654 g/mol. The zero-order valence-electron chi connectivity index (χ0n) is 31.1. The average Bonchev–Trinajstić information content (AvgIpc) is 3.05. The number of hydrogen-bond donors (Lipinski definition) is 1. The van der Waals surface area contributed by atoms with Crippen LogP contribution >= 0.6 is 0 Å². The second-order valence-corrected chi connectivity index (χ2v) is 13.8. The van der Waals surface area contributed by atoms with E-state index in [9.17, 15) is 14.7 Å². The lowest BCUT2D eigenvalue weighted by atomic mass is 10.0. The highest BCUT2D eigenvalue weighted by Crippen LogP contribution is 2.18. The lowest BCUT2D eigenvalue weighted by Gasteiger charge is -2.22. The topological polar surface area (TPSA) is 76.1 Å². The van der Waals surface area contributed by atoms with E-state index < -0.39 is 0 Å². The van der Waals surface area contributed by atoms with E-state index in [2.05, 4.69) is 25.7 Å². The minimum Gasteiger partial charge on any atom is -0.466 e. The number of nitrogens with zero attached hydrogens (tertiary/aromatic N) is 1. The van der Waals surface area contributed by atoms with Crippen molar-refractivity contribution in [3.63, 3.8) is 0 Å². The van der Waals surface area contributed by atoms with Crippen molar-refractivity contribution in [3.05, 3.63) is 0 Å². The first-order valence-electron chi connectivity index (χ1n) is 20.3. The summed E-state index contributed by atoms with van der Waals surface area (Å²) in [6, 6.07) is 0. The Balaban J connectivity index is 4.15. The van der Waals surface area contributed by atoms with Crippen molar-refractivity contribution in [1.82, 2.24) is 4.90 Å². The molecular weight excluding hydrogens is 574 g/mol. The molecule has 6 nitrogen and oxygen atoms in total. The fraction of sp³-hybridized carbons (Fsp3) is 0.950. The molecule has 0 aliphatic carbocycles. The van der Waals surface area contributed by atoms with Gasteiger partial charge in [-0.1, -0.05) is 130 Å². The standard InChI is InChI=1S/C40H79NO5/c1-4-7-10-13-15-21-29-38(30-22-16-14-11-8-5-2)46-40(44)32-23-17-18-25-33-41(35-28-36-42)34-26-20-24-31-39(43)45-37-27-19-12-9-6-3/h38,42H,4-37H2,1-3H3. The van der Waals surface area contributed by atoms with Crippen molar-refractivity contribution < 1.29 is 24.2 Å². The Morgan fingerprint density at radius 1 is 0.500 bits per heavy atom. The van der Waals surface area contributed by atoms with Crippen LogP contribution in [-0.4, -0.2) is 60.9 Å². The van der Waals surface area contributed by atoms with Gasteiger partial charge in [0.05, 0.1) is 6.61 Å². The minimum atomic E-state index is -0.0531. The summed E-state index contributed by atoms with van der Waals surface area (Å²) in [5.41, 5.74) is 0. The number of aliphatic hydroxyl groups excluding tert-OH is 1. The summed E-state index contributed by atoms with van der Waals surface area (Å²) in [5.74, 6) is -0.0509. The van der Waals surface area contributed by atoms with E-state index in [0.717, 1.165) is 96.7 Å². The van der Waals surface area contributed by atoms with Crippen LogP contribution in [0.15, 0.2) is 0 Å². The third-order valence-electron chi connectivity index (χ3n) is 9.16. The van der Waals surface area contributed by atoms with Crippen molar-refractivity contribution in [2.75, 3.05) is 32.8 Å². The second kappa shape index (κ2) is 36.7. The Kier molecular flexibility index (Phi) is 35.8. The molecule has 1 N–H and O–H groups in total. The summed E-state index contributed by atoms with van der Waals surface area (Å²) in [6.07, 6.45) is 32.4. The summed E-state index contributed by atoms with van der Waals surface area (Å²) in [4.78, 5) is 27.1. The molecule has 0 saturated carbocycles. The number of rotatable bonds is 37. The summed E-state index contributed by atoms with van der Waals surface area (Å²) in [5, 5.41) is 9.33. The Morgan fingerprint density at radius 2 is 0.913 bits per heavy atom. The van der Waals surface area contributed by atoms with Crippen LogP contribution in [0, 0.1) is 0 Å².